The van der Waals surface area contributed by atoms with Crippen LogP contribution in [0.15, 0.2) is 36.4 Å². The number of nitrogens with zero attached hydrogens (tertiary/aromatic N) is 1. The molecular weight excluding hydrogens is 337 g/mol. The van der Waals surface area contributed by atoms with Gasteiger partial charge in [0.1, 0.15) is 0 Å². The van der Waals surface area contributed by atoms with Crippen molar-refractivity contribution in [3.05, 3.63) is 52.3 Å². The van der Waals surface area contributed by atoms with E-state index < -0.39 is 16.4 Å². The summed E-state index contributed by atoms with van der Waals surface area (Å²) in [6.45, 7) is 0. The van der Waals surface area contributed by atoms with E-state index in [1.807, 2.05) is 0 Å². The van der Waals surface area contributed by atoms with Gasteiger partial charge in [-0.25, -0.2) is 0 Å². The van der Waals surface area contributed by atoms with Gasteiger partial charge in [-0.3, -0.25) is 10.1 Å². The summed E-state index contributed by atoms with van der Waals surface area (Å²) in [6, 6.07) is 8.53. The Morgan fingerprint density at radius 2 is 1.67 bits per heavy atom. The van der Waals surface area contributed by atoms with Crippen LogP contribution in [0.1, 0.15) is 0 Å². The van der Waals surface area contributed by atoms with E-state index in [9.17, 15) is 14.5 Å². The lowest BCUT2D eigenvalue weighted by molar-refractivity contribution is -0.387. The Labute approximate surface area is 142 Å². The van der Waals surface area contributed by atoms with Crippen molar-refractivity contribution in [2.24, 2.45) is 0 Å². The quantitative estimate of drug-likeness (QED) is 0.484. The van der Waals surface area contributed by atoms with Crippen LogP contribution in [-0.4, -0.2) is 24.3 Å². The number of anilines is 2. The summed E-state index contributed by atoms with van der Waals surface area (Å²) in [6.07, 6.45) is 0. The Kier molecular flexibility index (Phi) is 5.48. The number of hydrogen-bond acceptors (Lipinski definition) is 5. The number of nitro benzene ring substituents is 1. The van der Waals surface area contributed by atoms with Crippen LogP contribution in [0.2, 0.25) is 0 Å². The van der Waals surface area contributed by atoms with Gasteiger partial charge in [0.25, 0.3) is 0 Å². The Bertz CT molecular complexity index is 785. The summed E-state index contributed by atoms with van der Waals surface area (Å²) < 4.78 is 23.6. The van der Waals surface area contributed by atoms with Gasteiger partial charge in [0.15, 0.2) is 16.6 Å². The zero-order valence-corrected chi connectivity index (χ0v) is 13.6. The molecule has 0 aromatic heterocycles. The van der Waals surface area contributed by atoms with Crippen molar-refractivity contribution < 1.29 is 18.8 Å². The molecule has 126 valence electrons. The normalized spacial score (nSPS) is 9.96. The van der Waals surface area contributed by atoms with Gasteiger partial charge in [0.05, 0.1) is 19.1 Å². The van der Waals surface area contributed by atoms with Crippen LogP contribution in [0.3, 0.4) is 0 Å². The first-order valence-corrected chi connectivity index (χ1v) is 7.09. The molecule has 9 heteroatoms. The number of thiocarbonyl (C=S) groups is 1. The zero-order valence-electron chi connectivity index (χ0n) is 12.8. The van der Waals surface area contributed by atoms with E-state index in [1.165, 1.54) is 20.3 Å². The highest BCUT2D eigenvalue weighted by atomic mass is 32.1. The molecule has 0 aliphatic heterocycles. The van der Waals surface area contributed by atoms with Gasteiger partial charge in [0, 0.05) is 23.5 Å². The molecule has 0 heterocycles. The van der Waals surface area contributed by atoms with E-state index in [2.05, 4.69) is 10.6 Å². The van der Waals surface area contributed by atoms with Crippen LogP contribution in [0.25, 0.3) is 0 Å². The first-order chi connectivity index (χ1) is 11.4. The molecule has 2 rings (SSSR count). The van der Waals surface area contributed by atoms with Crippen molar-refractivity contribution in [3.8, 4) is 11.5 Å². The third kappa shape index (κ3) is 4.07. The van der Waals surface area contributed by atoms with E-state index in [0.29, 0.717) is 22.9 Å². The molecule has 0 saturated carbocycles. The minimum absolute atomic E-state index is 0.183. The van der Waals surface area contributed by atoms with Gasteiger partial charge < -0.3 is 20.1 Å². The maximum Gasteiger partial charge on any atom is 0.306 e. The maximum atomic E-state index is 13.3. The summed E-state index contributed by atoms with van der Waals surface area (Å²) in [4.78, 5) is 9.95. The summed E-state index contributed by atoms with van der Waals surface area (Å²) in [5.74, 6) is 0.170. The third-order valence-corrected chi connectivity index (χ3v) is 3.25. The van der Waals surface area contributed by atoms with E-state index in [0.717, 1.165) is 12.1 Å². The average Bonchev–Trinajstić information content (AvgIpc) is 2.56. The summed E-state index contributed by atoms with van der Waals surface area (Å²) in [7, 11) is 3.04. The number of ether oxygens (including phenoxy) is 2. The highest BCUT2D eigenvalue weighted by Gasteiger charge is 2.14. The minimum Gasteiger partial charge on any atom is -0.493 e. The predicted octanol–water partition coefficient (Wildman–Crippen LogP) is 3.56. The summed E-state index contributed by atoms with van der Waals surface area (Å²) >= 11 is 5.14. The average molecular weight is 351 g/mol. The van der Waals surface area contributed by atoms with Crippen LogP contribution in [-0.2, 0) is 0 Å². The second kappa shape index (κ2) is 7.55. The number of halogens is 1. The van der Waals surface area contributed by atoms with E-state index in [4.69, 9.17) is 21.7 Å². The Hall–Kier alpha value is -2.94. The lowest BCUT2D eigenvalue weighted by Crippen LogP contribution is -2.19. The minimum atomic E-state index is -0.913. The van der Waals surface area contributed by atoms with Crippen LogP contribution in [0.5, 0.6) is 11.5 Å². The number of methoxy groups -OCH3 is 2. The molecule has 0 atom stereocenters. The van der Waals surface area contributed by atoms with E-state index in [-0.39, 0.29) is 5.11 Å². The SMILES string of the molecule is COc1ccc(NC(=S)Nc2ccc(F)c([N+](=O)[O-])c2)cc1OC. The molecule has 0 aliphatic carbocycles. The van der Waals surface area contributed by atoms with Gasteiger partial charge >= 0.3 is 5.69 Å². The van der Waals surface area contributed by atoms with Crippen molar-refractivity contribution in [2.45, 2.75) is 0 Å². The number of nitro groups is 1. The van der Waals surface area contributed by atoms with Crippen molar-refractivity contribution in [1.29, 1.82) is 0 Å². The van der Waals surface area contributed by atoms with Gasteiger partial charge in [-0.1, -0.05) is 0 Å². The van der Waals surface area contributed by atoms with Crippen LogP contribution in [0.4, 0.5) is 21.5 Å². The summed E-state index contributed by atoms with van der Waals surface area (Å²) in [5.41, 5.74) is 0.289. The molecule has 0 spiro atoms. The van der Waals surface area contributed by atoms with Crippen LogP contribution < -0.4 is 20.1 Å². The van der Waals surface area contributed by atoms with E-state index in [1.54, 1.807) is 18.2 Å². The van der Waals surface area contributed by atoms with E-state index >= 15 is 0 Å². The second-order valence-electron chi connectivity index (χ2n) is 4.57. The van der Waals surface area contributed by atoms with Crippen molar-refractivity contribution in [2.75, 3.05) is 24.9 Å². The zero-order chi connectivity index (χ0) is 17.7. The standard InChI is InChI=1S/C15H14FN3O4S/c1-22-13-6-4-10(8-14(13)23-2)18-15(24)17-9-3-5-11(16)12(7-9)19(20)21/h3-8H,1-2H3,(H2,17,18,24). The lowest BCUT2D eigenvalue weighted by atomic mass is 10.2. The number of rotatable bonds is 5. The highest BCUT2D eigenvalue weighted by molar-refractivity contribution is 7.80. The fourth-order valence-electron chi connectivity index (χ4n) is 1.94. The molecule has 0 saturated heterocycles. The van der Waals surface area contributed by atoms with Gasteiger partial charge in [0.2, 0.25) is 5.82 Å². The Morgan fingerprint density at radius 3 is 2.25 bits per heavy atom. The topological polar surface area (TPSA) is 85.7 Å². The largest absolute Gasteiger partial charge is 0.493 e. The molecule has 0 amide bonds. The number of benzene rings is 2. The molecule has 0 radical (unpaired) electrons. The molecule has 0 bridgehead atoms. The fraction of sp³-hybridized carbons (Fsp3) is 0.133. The molecule has 7 nitrogen and oxygen atoms in total. The first kappa shape index (κ1) is 17.4. The van der Waals surface area contributed by atoms with Gasteiger partial charge in [-0.2, -0.15) is 4.39 Å². The molecule has 24 heavy (non-hydrogen) atoms. The number of nitrogens with one attached hydrogen (secondary N) is 2. The third-order valence-electron chi connectivity index (χ3n) is 3.04. The molecular formula is C15H14FN3O4S. The first-order valence-electron chi connectivity index (χ1n) is 6.68. The van der Waals surface area contributed by atoms with Gasteiger partial charge in [-0.15, -0.1) is 0 Å². The van der Waals surface area contributed by atoms with Crippen molar-refractivity contribution in [3.63, 3.8) is 0 Å². The summed E-state index contributed by atoms with van der Waals surface area (Å²) in [5, 5.41) is 16.6. The van der Waals surface area contributed by atoms with Crippen LogP contribution in [0, 0.1) is 15.9 Å². The Balaban J connectivity index is 2.11. The van der Waals surface area contributed by atoms with Crippen molar-refractivity contribution in [1.82, 2.24) is 0 Å². The van der Waals surface area contributed by atoms with Crippen molar-refractivity contribution >= 4 is 34.4 Å². The monoisotopic (exact) mass is 351 g/mol. The Morgan fingerprint density at radius 1 is 1.08 bits per heavy atom. The predicted molar refractivity (Wildman–Crippen MR) is 92.4 cm³/mol. The van der Waals surface area contributed by atoms with Crippen LogP contribution >= 0.6 is 12.2 Å². The second-order valence-corrected chi connectivity index (χ2v) is 4.98. The molecule has 2 N–H and O–H groups in total. The maximum absolute atomic E-state index is 13.3. The smallest absolute Gasteiger partial charge is 0.306 e. The molecule has 2 aromatic rings. The number of hydrogen-bond donors (Lipinski definition) is 2. The highest BCUT2D eigenvalue weighted by Crippen LogP contribution is 2.30. The lowest BCUT2D eigenvalue weighted by Gasteiger charge is -2.13. The fourth-order valence-corrected chi connectivity index (χ4v) is 2.17. The molecule has 0 aliphatic rings. The molecule has 0 fully saturated rings. The molecule has 2 aromatic carbocycles. The van der Waals surface area contributed by atoms with Gasteiger partial charge in [-0.05, 0) is 36.5 Å². The molecule has 0 unspecified atom stereocenters.